The van der Waals surface area contributed by atoms with Gasteiger partial charge >= 0.3 is 0 Å². The van der Waals surface area contributed by atoms with Crippen LogP contribution in [0.4, 0.5) is 10.2 Å². The number of ether oxygens (including phenoxy) is 1. The topological polar surface area (TPSA) is 96.2 Å². The lowest BCUT2D eigenvalue weighted by Crippen LogP contribution is -2.64. The third-order valence-electron chi connectivity index (χ3n) is 8.58. The Hall–Kier alpha value is -4.75. The lowest BCUT2D eigenvalue weighted by Gasteiger charge is -2.54. The van der Waals surface area contributed by atoms with Gasteiger partial charge in [0.1, 0.15) is 35.5 Å². The molecule has 2 unspecified atom stereocenters. The monoisotopic (exact) mass is 577 g/mol. The standard InChI is InChI=1S/C33H32FN7O2/c1-21-6-9-27-30(14-21)41(18-25-15-22(2)43-38-25)32(36-27)19-39-12-13-40(29-11-10-28(29)39)31-4-3-5-33(37-31)42-20-24-8-7-23(17-35)16-26(24)34/h3-9,14-16,28-29H,10-13,18-20H2,1-2H3. The van der Waals surface area contributed by atoms with E-state index < -0.39 is 5.82 Å². The van der Waals surface area contributed by atoms with E-state index in [-0.39, 0.29) is 12.2 Å². The van der Waals surface area contributed by atoms with E-state index >= 15 is 0 Å². The first-order valence-corrected chi connectivity index (χ1v) is 14.6. The van der Waals surface area contributed by atoms with Gasteiger partial charge in [0.15, 0.2) is 0 Å². The number of halogens is 1. The van der Waals surface area contributed by atoms with Gasteiger partial charge in [0, 0.05) is 42.9 Å². The van der Waals surface area contributed by atoms with Crippen LogP contribution in [-0.4, -0.2) is 49.8 Å². The van der Waals surface area contributed by atoms with Crippen molar-refractivity contribution in [2.45, 2.75) is 58.5 Å². The molecule has 0 N–H and O–H groups in total. The molecule has 0 amide bonds. The van der Waals surface area contributed by atoms with Crippen molar-refractivity contribution in [1.82, 2.24) is 24.6 Å². The van der Waals surface area contributed by atoms with Crippen LogP contribution in [0.2, 0.25) is 0 Å². The normalized spacial score (nSPS) is 18.3. The summed E-state index contributed by atoms with van der Waals surface area (Å²) in [6.07, 6.45) is 2.22. The van der Waals surface area contributed by atoms with Crippen LogP contribution in [0.1, 0.15) is 46.8 Å². The number of nitriles is 1. The van der Waals surface area contributed by atoms with E-state index in [1.807, 2.05) is 31.2 Å². The zero-order chi connectivity index (χ0) is 29.5. The van der Waals surface area contributed by atoms with Crippen molar-refractivity contribution in [3.63, 3.8) is 0 Å². The van der Waals surface area contributed by atoms with Crippen molar-refractivity contribution in [2.24, 2.45) is 0 Å². The van der Waals surface area contributed by atoms with Gasteiger partial charge in [0.05, 0.1) is 35.8 Å². The van der Waals surface area contributed by atoms with Crippen LogP contribution in [0.3, 0.4) is 0 Å². The fourth-order valence-electron chi connectivity index (χ4n) is 6.25. The van der Waals surface area contributed by atoms with Crippen LogP contribution < -0.4 is 9.64 Å². The van der Waals surface area contributed by atoms with E-state index in [1.165, 1.54) is 11.6 Å². The van der Waals surface area contributed by atoms with Crippen molar-refractivity contribution < 1.29 is 13.7 Å². The largest absolute Gasteiger partial charge is 0.473 e. The summed E-state index contributed by atoms with van der Waals surface area (Å²) < 4.78 is 27.8. The van der Waals surface area contributed by atoms with Crippen molar-refractivity contribution in [2.75, 3.05) is 18.0 Å². The second kappa shape index (κ2) is 11.2. The lowest BCUT2D eigenvalue weighted by molar-refractivity contribution is 0.0624. The zero-order valence-electron chi connectivity index (χ0n) is 24.2. The van der Waals surface area contributed by atoms with Crippen LogP contribution in [0.5, 0.6) is 5.88 Å². The van der Waals surface area contributed by atoms with E-state index in [4.69, 9.17) is 24.5 Å². The Morgan fingerprint density at radius 3 is 2.65 bits per heavy atom. The van der Waals surface area contributed by atoms with Crippen molar-refractivity contribution >= 4 is 16.9 Å². The quantitative estimate of drug-likeness (QED) is 0.238. The highest BCUT2D eigenvalue weighted by Gasteiger charge is 2.43. The Balaban J connectivity index is 1.07. The molecule has 2 aromatic carbocycles. The average molecular weight is 578 g/mol. The number of hydrogen-bond acceptors (Lipinski definition) is 8. The van der Waals surface area contributed by atoms with Crippen molar-refractivity contribution in [3.8, 4) is 11.9 Å². The van der Waals surface area contributed by atoms with E-state index in [0.717, 1.165) is 66.6 Å². The lowest BCUT2D eigenvalue weighted by atomic mass is 9.81. The van der Waals surface area contributed by atoms with Crippen LogP contribution in [0.15, 0.2) is 65.2 Å². The van der Waals surface area contributed by atoms with Crippen LogP contribution in [-0.2, 0) is 19.7 Å². The summed E-state index contributed by atoms with van der Waals surface area (Å²) in [6.45, 7) is 7.15. The number of pyridine rings is 1. The number of hydrogen-bond donors (Lipinski definition) is 0. The summed E-state index contributed by atoms with van der Waals surface area (Å²) in [5, 5.41) is 13.2. The van der Waals surface area contributed by atoms with Gasteiger partial charge in [-0.05, 0) is 62.6 Å². The number of imidazole rings is 1. The molecule has 9 nitrogen and oxygen atoms in total. The number of nitrogens with zero attached hydrogens (tertiary/aromatic N) is 7. The molecule has 1 saturated carbocycles. The molecule has 0 bridgehead atoms. The van der Waals surface area contributed by atoms with Gasteiger partial charge in [0.25, 0.3) is 0 Å². The van der Waals surface area contributed by atoms with Gasteiger partial charge in [-0.25, -0.2) is 9.37 Å². The number of anilines is 1. The van der Waals surface area contributed by atoms with E-state index in [9.17, 15) is 4.39 Å². The minimum atomic E-state index is -0.455. The maximum Gasteiger partial charge on any atom is 0.215 e. The maximum absolute atomic E-state index is 14.3. The van der Waals surface area contributed by atoms with Gasteiger partial charge in [-0.2, -0.15) is 10.2 Å². The minimum absolute atomic E-state index is 0.0439. The predicted octanol–water partition coefficient (Wildman–Crippen LogP) is 5.53. The first-order chi connectivity index (χ1) is 20.9. The van der Waals surface area contributed by atoms with Gasteiger partial charge in [0.2, 0.25) is 5.88 Å². The summed E-state index contributed by atoms with van der Waals surface area (Å²) in [6, 6.07) is 21.2. The Morgan fingerprint density at radius 1 is 1.00 bits per heavy atom. The SMILES string of the molecule is Cc1ccc2nc(CN3CCN(c4cccc(OCc5ccc(C#N)cc5F)n4)C4CCC43)n(Cc3cc(C)on3)c2c1. The highest BCUT2D eigenvalue weighted by Crippen LogP contribution is 2.37. The summed E-state index contributed by atoms with van der Waals surface area (Å²) in [7, 11) is 0. The fraction of sp³-hybridized carbons (Fsp3) is 0.333. The molecular weight excluding hydrogens is 545 g/mol. The van der Waals surface area contributed by atoms with Gasteiger partial charge in [-0.15, -0.1) is 0 Å². The molecule has 1 aliphatic carbocycles. The van der Waals surface area contributed by atoms with E-state index in [2.05, 4.69) is 44.6 Å². The molecule has 1 aliphatic heterocycles. The number of rotatable bonds is 8. The Kier molecular flexibility index (Phi) is 7.03. The molecule has 1 saturated heterocycles. The predicted molar refractivity (Wildman–Crippen MR) is 159 cm³/mol. The molecular formula is C33H32FN7O2. The third-order valence-corrected chi connectivity index (χ3v) is 8.58. The molecule has 4 heterocycles. The Morgan fingerprint density at radius 2 is 1.88 bits per heavy atom. The number of piperazine rings is 1. The Labute approximate surface area is 249 Å². The molecule has 2 fully saturated rings. The van der Waals surface area contributed by atoms with Gasteiger partial charge in [-0.3, -0.25) is 4.90 Å². The fourth-order valence-corrected chi connectivity index (χ4v) is 6.25. The molecule has 7 rings (SSSR count). The number of benzene rings is 2. The van der Waals surface area contributed by atoms with Gasteiger partial charge < -0.3 is 18.7 Å². The molecule has 10 heteroatoms. The third kappa shape index (κ3) is 5.32. The van der Waals surface area contributed by atoms with Crippen molar-refractivity contribution in [1.29, 1.82) is 5.26 Å². The second-order valence-electron chi connectivity index (χ2n) is 11.5. The zero-order valence-corrected chi connectivity index (χ0v) is 24.2. The second-order valence-corrected chi connectivity index (χ2v) is 11.5. The van der Waals surface area contributed by atoms with Gasteiger partial charge in [-0.1, -0.05) is 23.4 Å². The number of aromatic nitrogens is 4. The molecule has 5 aromatic rings. The number of fused-ring (bicyclic) bond motifs is 2. The summed E-state index contributed by atoms with van der Waals surface area (Å²) >= 11 is 0. The molecule has 218 valence electrons. The summed E-state index contributed by atoms with van der Waals surface area (Å²) in [4.78, 5) is 14.8. The summed E-state index contributed by atoms with van der Waals surface area (Å²) in [5.74, 6) is 2.70. The van der Waals surface area contributed by atoms with Crippen molar-refractivity contribution in [3.05, 3.63) is 100 Å². The highest BCUT2D eigenvalue weighted by molar-refractivity contribution is 5.77. The van der Waals surface area contributed by atoms with Crippen LogP contribution in [0, 0.1) is 31.0 Å². The molecule has 3 aromatic heterocycles. The van der Waals surface area contributed by atoms with E-state index in [0.29, 0.717) is 30.1 Å². The molecule has 43 heavy (non-hydrogen) atoms. The molecule has 2 aliphatic rings. The minimum Gasteiger partial charge on any atom is -0.473 e. The molecule has 0 radical (unpaired) electrons. The van der Waals surface area contributed by atoms with E-state index in [1.54, 1.807) is 18.2 Å². The average Bonchev–Trinajstić information content (AvgIpc) is 3.55. The maximum atomic E-state index is 14.3. The first-order valence-electron chi connectivity index (χ1n) is 14.6. The first kappa shape index (κ1) is 27.1. The Bertz CT molecular complexity index is 1840. The smallest absolute Gasteiger partial charge is 0.215 e. The molecule has 2 atom stereocenters. The van der Waals surface area contributed by atoms with Crippen LogP contribution >= 0.6 is 0 Å². The van der Waals surface area contributed by atoms with Crippen LogP contribution in [0.25, 0.3) is 11.0 Å². The molecule has 0 spiro atoms. The highest BCUT2D eigenvalue weighted by atomic mass is 19.1. The summed E-state index contributed by atoms with van der Waals surface area (Å²) in [5.41, 5.74) is 4.87. The number of aryl methyl sites for hydroxylation is 2.